The van der Waals surface area contributed by atoms with Crippen LogP contribution in [-0.2, 0) is 9.59 Å². The minimum atomic E-state index is -0.816. The van der Waals surface area contributed by atoms with E-state index in [4.69, 9.17) is 0 Å². The van der Waals surface area contributed by atoms with Crippen LogP contribution in [0.15, 0.2) is 53.1 Å². The third-order valence-corrected chi connectivity index (χ3v) is 6.98. The number of halogens is 2. The number of carbonyl (C=O) groups excluding carboxylic acids is 2. The van der Waals surface area contributed by atoms with E-state index in [2.05, 4.69) is 15.3 Å². The number of carbonyl (C=O) groups is 2. The lowest BCUT2D eigenvalue weighted by atomic mass is 10.3. The van der Waals surface area contributed by atoms with Crippen LogP contribution >= 0.6 is 23.1 Å². The van der Waals surface area contributed by atoms with Gasteiger partial charge in [0, 0.05) is 38.4 Å². The van der Waals surface area contributed by atoms with Crippen LogP contribution in [0.4, 0.5) is 14.5 Å². The zero-order chi connectivity index (χ0) is 23.9. The summed E-state index contributed by atoms with van der Waals surface area (Å²) in [5.41, 5.74) is 0.782. The third kappa shape index (κ3) is 6.58. The van der Waals surface area contributed by atoms with Gasteiger partial charge in [0.05, 0.1) is 28.6 Å². The van der Waals surface area contributed by atoms with Gasteiger partial charge in [0.1, 0.15) is 11.6 Å². The van der Waals surface area contributed by atoms with E-state index in [1.54, 1.807) is 22.4 Å². The molecule has 1 fully saturated rings. The van der Waals surface area contributed by atoms with Gasteiger partial charge in [-0.1, -0.05) is 17.8 Å². The second kappa shape index (κ2) is 11.5. The van der Waals surface area contributed by atoms with Crippen LogP contribution in [0.1, 0.15) is 6.42 Å². The van der Waals surface area contributed by atoms with Crippen molar-refractivity contribution < 1.29 is 18.4 Å². The first kappa shape index (κ1) is 24.2. The highest BCUT2D eigenvalue weighted by Crippen LogP contribution is 2.24. The molecule has 1 N–H and O–H groups in total. The normalized spacial score (nSPS) is 14.6. The monoisotopic (exact) mass is 503 g/mol. The van der Waals surface area contributed by atoms with Crippen LogP contribution in [0, 0.1) is 11.6 Å². The molecule has 0 radical (unpaired) electrons. The molecule has 0 unspecified atom stereocenters. The van der Waals surface area contributed by atoms with E-state index in [0.717, 1.165) is 29.1 Å². The van der Waals surface area contributed by atoms with Crippen LogP contribution in [-0.4, -0.2) is 70.1 Å². The summed E-state index contributed by atoms with van der Waals surface area (Å²) >= 11 is 2.91. The zero-order valence-corrected chi connectivity index (χ0v) is 19.9. The standard InChI is InChI=1S/C23H23F2N5O2S2/c24-16-4-5-18(17(25)13-16)27-21(31)14-29-8-2-9-30(11-10-29)22(32)15-34-23-26-7-6-19(28-23)20-3-1-12-33-20/h1,3-7,12-13H,2,8-11,14-15H2,(H,27,31). The van der Waals surface area contributed by atoms with Crippen molar-refractivity contribution in [3.63, 3.8) is 0 Å². The molecule has 1 aromatic carbocycles. The predicted octanol–water partition coefficient (Wildman–Crippen LogP) is 3.75. The lowest BCUT2D eigenvalue weighted by Crippen LogP contribution is -2.38. The number of amides is 2. The lowest BCUT2D eigenvalue weighted by Gasteiger charge is -2.21. The number of nitrogens with zero attached hydrogens (tertiary/aromatic N) is 4. The molecule has 3 heterocycles. The summed E-state index contributed by atoms with van der Waals surface area (Å²) in [5.74, 6) is -1.67. The molecular weight excluding hydrogens is 480 g/mol. The Labute approximate surface area is 204 Å². The molecule has 4 rings (SSSR count). The summed E-state index contributed by atoms with van der Waals surface area (Å²) in [4.78, 5) is 38.6. The summed E-state index contributed by atoms with van der Waals surface area (Å²) in [6.45, 7) is 2.33. The van der Waals surface area contributed by atoms with Crippen LogP contribution in [0.3, 0.4) is 0 Å². The Hall–Kier alpha value is -2.89. The second-order valence-corrected chi connectivity index (χ2v) is 9.56. The first-order valence-electron chi connectivity index (χ1n) is 10.7. The number of hydrogen-bond acceptors (Lipinski definition) is 7. The fourth-order valence-electron chi connectivity index (χ4n) is 3.55. The number of hydrogen-bond donors (Lipinski definition) is 1. The molecule has 0 saturated carbocycles. The second-order valence-electron chi connectivity index (χ2n) is 7.67. The molecule has 11 heteroatoms. The highest BCUT2D eigenvalue weighted by molar-refractivity contribution is 7.99. The van der Waals surface area contributed by atoms with Gasteiger partial charge < -0.3 is 10.2 Å². The van der Waals surface area contributed by atoms with E-state index >= 15 is 0 Å². The van der Waals surface area contributed by atoms with Crippen molar-refractivity contribution in [3.05, 3.63) is 59.6 Å². The number of rotatable bonds is 7. The van der Waals surface area contributed by atoms with Crippen LogP contribution < -0.4 is 5.32 Å². The van der Waals surface area contributed by atoms with Crippen molar-refractivity contribution in [2.45, 2.75) is 11.6 Å². The van der Waals surface area contributed by atoms with Crippen LogP contribution in [0.5, 0.6) is 0 Å². The summed E-state index contributed by atoms with van der Waals surface area (Å²) in [6.07, 6.45) is 2.42. The number of anilines is 1. The average molecular weight is 504 g/mol. The van der Waals surface area contributed by atoms with Gasteiger partial charge in [-0.2, -0.15) is 0 Å². The number of thiophene rings is 1. The fourth-order valence-corrected chi connectivity index (χ4v) is 4.98. The summed E-state index contributed by atoms with van der Waals surface area (Å²) in [5, 5.41) is 5.02. The molecule has 2 aromatic heterocycles. The molecule has 2 amide bonds. The summed E-state index contributed by atoms with van der Waals surface area (Å²) < 4.78 is 26.8. The quantitative estimate of drug-likeness (QED) is 0.391. The van der Waals surface area contributed by atoms with Crippen molar-refractivity contribution in [2.75, 3.05) is 43.8 Å². The van der Waals surface area contributed by atoms with Crippen molar-refractivity contribution >= 4 is 40.6 Å². The molecule has 0 aliphatic carbocycles. The van der Waals surface area contributed by atoms with Gasteiger partial charge in [-0.3, -0.25) is 14.5 Å². The Morgan fingerprint density at radius 2 is 2.00 bits per heavy atom. The molecule has 3 aromatic rings. The maximum Gasteiger partial charge on any atom is 0.238 e. The smallest absolute Gasteiger partial charge is 0.238 e. The Kier molecular flexibility index (Phi) is 8.20. The molecular formula is C23H23F2N5O2S2. The predicted molar refractivity (Wildman–Crippen MR) is 129 cm³/mol. The topological polar surface area (TPSA) is 78.4 Å². The number of thioether (sulfide) groups is 1. The summed E-state index contributed by atoms with van der Waals surface area (Å²) in [6, 6.07) is 8.82. The Bertz CT molecular complexity index is 1150. The molecule has 0 spiro atoms. The van der Waals surface area contributed by atoms with E-state index in [1.807, 2.05) is 28.5 Å². The van der Waals surface area contributed by atoms with Crippen molar-refractivity contribution in [1.82, 2.24) is 19.8 Å². The van der Waals surface area contributed by atoms with Gasteiger partial charge in [-0.05, 0) is 36.1 Å². The molecule has 1 saturated heterocycles. The number of aromatic nitrogens is 2. The minimum Gasteiger partial charge on any atom is -0.341 e. The molecule has 0 bridgehead atoms. The lowest BCUT2D eigenvalue weighted by molar-refractivity contribution is -0.128. The molecule has 1 aliphatic rings. The Balaban J connectivity index is 1.24. The number of benzene rings is 1. The van der Waals surface area contributed by atoms with Crippen LogP contribution in [0.25, 0.3) is 10.6 Å². The van der Waals surface area contributed by atoms with Gasteiger partial charge in [-0.15, -0.1) is 11.3 Å². The van der Waals surface area contributed by atoms with Crippen molar-refractivity contribution in [1.29, 1.82) is 0 Å². The third-order valence-electron chi connectivity index (χ3n) is 5.25. The van der Waals surface area contributed by atoms with Crippen LogP contribution in [0.2, 0.25) is 0 Å². The SMILES string of the molecule is O=C(CN1CCCN(C(=O)CSc2nccc(-c3cccs3)n2)CC1)Nc1ccc(F)cc1F. The molecule has 178 valence electrons. The first-order valence-corrected chi connectivity index (χ1v) is 12.6. The van der Waals surface area contributed by atoms with Gasteiger partial charge in [0.2, 0.25) is 11.8 Å². The van der Waals surface area contributed by atoms with Gasteiger partial charge in [0.25, 0.3) is 0 Å². The fraction of sp³-hybridized carbons (Fsp3) is 0.304. The zero-order valence-electron chi connectivity index (χ0n) is 18.2. The van der Waals surface area contributed by atoms with Gasteiger partial charge in [0.15, 0.2) is 5.16 Å². The molecule has 0 atom stereocenters. The van der Waals surface area contributed by atoms with E-state index in [9.17, 15) is 18.4 Å². The van der Waals surface area contributed by atoms with Gasteiger partial charge in [-0.25, -0.2) is 18.7 Å². The molecule has 34 heavy (non-hydrogen) atoms. The van der Waals surface area contributed by atoms with E-state index in [1.165, 1.54) is 17.8 Å². The van der Waals surface area contributed by atoms with Crippen molar-refractivity contribution in [2.24, 2.45) is 0 Å². The Morgan fingerprint density at radius 3 is 2.79 bits per heavy atom. The van der Waals surface area contributed by atoms with E-state index in [-0.39, 0.29) is 29.8 Å². The average Bonchev–Trinajstić information content (AvgIpc) is 3.27. The Morgan fingerprint density at radius 1 is 1.12 bits per heavy atom. The summed E-state index contributed by atoms with van der Waals surface area (Å²) in [7, 11) is 0. The van der Waals surface area contributed by atoms with Crippen molar-refractivity contribution in [3.8, 4) is 10.6 Å². The van der Waals surface area contributed by atoms with E-state index < -0.39 is 11.6 Å². The number of nitrogens with one attached hydrogen (secondary N) is 1. The maximum atomic E-state index is 13.8. The van der Waals surface area contributed by atoms with Gasteiger partial charge >= 0.3 is 0 Å². The first-order chi connectivity index (χ1) is 16.5. The minimum absolute atomic E-state index is 0.00480. The maximum absolute atomic E-state index is 13.8. The molecule has 7 nitrogen and oxygen atoms in total. The highest BCUT2D eigenvalue weighted by Gasteiger charge is 2.21. The molecule has 1 aliphatic heterocycles. The van der Waals surface area contributed by atoms with E-state index in [0.29, 0.717) is 31.3 Å². The largest absolute Gasteiger partial charge is 0.341 e. The highest BCUT2D eigenvalue weighted by atomic mass is 32.2.